The van der Waals surface area contributed by atoms with Crippen molar-refractivity contribution in [3.63, 3.8) is 0 Å². The van der Waals surface area contributed by atoms with Crippen molar-refractivity contribution >= 4 is 70.9 Å². The highest BCUT2D eigenvalue weighted by atomic mass is 15.1. The van der Waals surface area contributed by atoms with E-state index < -0.39 is 0 Å². The van der Waals surface area contributed by atoms with Crippen LogP contribution in [0.15, 0.2) is 224 Å². The fraction of sp³-hybridized carbons (Fsp3) is 0. The lowest BCUT2D eigenvalue weighted by molar-refractivity contribution is 1.30. The molecule has 0 fully saturated rings. The molecule has 11 aromatic carbocycles. The van der Waals surface area contributed by atoms with Crippen LogP contribution in [-0.2, 0) is 0 Å². The van der Waals surface area contributed by atoms with E-state index in [2.05, 4.69) is 229 Å². The molecule has 0 unspecified atom stereocenters. The minimum Gasteiger partial charge on any atom is -0.310 e. The highest BCUT2D eigenvalue weighted by Gasteiger charge is 2.19. The second-order valence-corrected chi connectivity index (χ2v) is 14.9. The van der Waals surface area contributed by atoms with Gasteiger partial charge < -0.3 is 4.90 Å². The van der Waals surface area contributed by atoms with E-state index >= 15 is 0 Å². The van der Waals surface area contributed by atoms with Crippen LogP contribution >= 0.6 is 0 Å². The Morgan fingerprint density at radius 2 is 0.702 bits per heavy atom. The number of hydrogen-bond donors (Lipinski definition) is 0. The number of benzene rings is 11. The van der Waals surface area contributed by atoms with Crippen LogP contribution in [-0.4, -0.2) is 0 Å². The first-order valence-corrected chi connectivity index (χ1v) is 19.7. The summed E-state index contributed by atoms with van der Waals surface area (Å²) in [7, 11) is 0. The van der Waals surface area contributed by atoms with Crippen molar-refractivity contribution < 1.29 is 0 Å². The lowest BCUT2D eigenvalue weighted by Crippen LogP contribution is -2.10. The van der Waals surface area contributed by atoms with Crippen molar-refractivity contribution in [3.05, 3.63) is 224 Å². The van der Waals surface area contributed by atoms with Gasteiger partial charge >= 0.3 is 0 Å². The van der Waals surface area contributed by atoms with Gasteiger partial charge in [-0.2, -0.15) is 0 Å². The molecule has 0 N–H and O–H groups in total. The smallest absolute Gasteiger partial charge is 0.0540 e. The molecule has 0 atom stereocenters. The van der Waals surface area contributed by atoms with Gasteiger partial charge in [-0.05, 0) is 118 Å². The summed E-state index contributed by atoms with van der Waals surface area (Å²) in [5, 5.41) is 12.6. The van der Waals surface area contributed by atoms with Gasteiger partial charge in [-0.3, -0.25) is 0 Å². The third-order valence-corrected chi connectivity index (χ3v) is 11.7. The van der Waals surface area contributed by atoms with Gasteiger partial charge in [0.15, 0.2) is 0 Å². The Labute approximate surface area is 332 Å². The summed E-state index contributed by atoms with van der Waals surface area (Å²) >= 11 is 0. The van der Waals surface area contributed by atoms with Crippen molar-refractivity contribution in [2.24, 2.45) is 0 Å². The van der Waals surface area contributed by atoms with E-state index in [0.29, 0.717) is 0 Å². The first-order chi connectivity index (χ1) is 28.3. The first-order valence-electron chi connectivity index (χ1n) is 19.7. The minimum atomic E-state index is 1.10. The van der Waals surface area contributed by atoms with E-state index in [0.717, 1.165) is 17.1 Å². The van der Waals surface area contributed by atoms with E-state index in [1.54, 1.807) is 0 Å². The Balaban J connectivity index is 1.05. The standard InChI is InChI=1S/C56H37N/c1-2-11-38(12-3-1)39-23-29-45(30-24-39)57(56-36-35-52(50-18-8-9-19-54(50)56)49-20-10-15-41-13-4-6-16-47(41)49)46-31-25-40(26-32-46)44-22-21-43-28-33-51-48-17-7-5-14-42(48)27-34-53(51)55(43)37-44/h1-37H. The molecule has 0 radical (unpaired) electrons. The van der Waals surface area contributed by atoms with Crippen LogP contribution in [0.4, 0.5) is 17.1 Å². The molecule has 1 heteroatoms. The van der Waals surface area contributed by atoms with E-state index in [4.69, 9.17) is 0 Å². The fourth-order valence-corrected chi connectivity index (χ4v) is 8.83. The van der Waals surface area contributed by atoms with Crippen molar-refractivity contribution in [1.82, 2.24) is 0 Å². The molecule has 0 aliphatic rings. The van der Waals surface area contributed by atoms with Crippen molar-refractivity contribution in [3.8, 4) is 33.4 Å². The Kier molecular flexibility index (Phi) is 7.89. The lowest BCUT2D eigenvalue weighted by atomic mass is 9.92. The van der Waals surface area contributed by atoms with Crippen LogP contribution in [0.2, 0.25) is 0 Å². The predicted molar refractivity (Wildman–Crippen MR) is 245 cm³/mol. The monoisotopic (exact) mass is 723 g/mol. The topological polar surface area (TPSA) is 3.24 Å². The molecule has 0 amide bonds. The zero-order valence-electron chi connectivity index (χ0n) is 31.3. The summed E-state index contributed by atoms with van der Waals surface area (Å²) in [6, 6.07) is 82.0. The summed E-state index contributed by atoms with van der Waals surface area (Å²) in [5.41, 5.74) is 10.6. The highest BCUT2D eigenvalue weighted by Crippen LogP contribution is 2.44. The Hall–Kier alpha value is -7.48. The van der Waals surface area contributed by atoms with Gasteiger partial charge in [0.1, 0.15) is 0 Å². The minimum absolute atomic E-state index is 1.10. The van der Waals surface area contributed by atoms with Gasteiger partial charge in [0, 0.05) is 16.8 Å². The summed E-state index contributed by atoms with van der Waals surface area (Å²) in [6.45, 7) is 0. The molecule has 11 aromatic rings. The van der Waals surface area contributed by atoms with Gasteiger partial charge in [0.05, 0.1) is 5.69 Å². The average Bonchev–Trinajstić information content (AvgIpc) is 3.29. The number of rotatable bonds is 6. The molecular weight excluding hydrogens is 687 g/mol. The molecule has 266 valence electrons. The quantitative estimate of drug-likeness (QED) is 0.154. The molecule has 0 spiro atoms. The van der Waals surface area contributed by atoms with Crippen LogP contribution < -0.4 is 4.90 Å². The predicted octanol–water partition coefficient (Wildman–Crippen LogP) is 15.9. The van der Waals surface area contributed by atoms with Crippen LogP contribution in [0.3, 0.4) is 0 Å². The molecule has 0 saturated heterocycles. The van der Waals surface area contributed by atoms with Crippen molar-refractivity contribution in [2.75, 3.05) is 4.90 Å². The van der Waals surface area contributed by atoms with E-state index in [9.17, 15) is 0 Å². The number of fused-ring (bicyclic) bond motifs is 7. The molecule has 1 nitrogen and oxygen atoms in total. The van der Waals surface area contributed by atoms with Crippen LogP contribution in [0, 0.1) is 0 Å². The maximum absolute atomic E-state index is 2.41. The highest BCUT2D eigenvalue weighted by molar-refractivity contribution is 6.18. The molecule has 0 saturated carbocycles. The summed E-state index contributed by atoms with van der Waals surface area (Å²) in [4.78, 5) is 2.41. The Morgan fingerprint density at radius 1 is 0.228 bits per heavy atom. The summed E-state index contributed by atoms with van der Waals surface area (Å²) in [6.07, 6.45) is 0. The van der Waals surface area contributed by atoms with Crippen LogP contribution in [0.5, 0.6) is 0 Å². The average molecular weight is 724 g/mol. The molecular formula is C56H37N. The second kappa shape index (κ2) is 13.7. The molecule has 11 rings (SSSR count). The fourth-order valence-electron chi connectivity index (χ4n) is 8.83. The zero-order chi connectivity index (χ0) is 37.7. The van der Waals surface area contributed by atoms with Gasteiger partial charge in [-0.15, -0.1) is 0 Å². The number of hydrogen-bond acceptors (Lipinski definition) is 1. The molecule has 0 aliphatic heterocycles. The Morgan fingerprint density at radius 3 is 1.42 bits per heavy atom. The molecule has 0 aliphatic carbocycles. The van der Waals surface area contributed by atoms with Crippen molar-refractivity contribution in [1.29, 1.82) is 0 Å². The van der Waals surface area contributed by atoms with Crippen LogP contribution in [0.25, 0.3) is 87.2 Å². The molecule has 0 bridgehead atoms. The van der Waals surface area contributed by atoms with Gasteiger partial charge in [0.25, 0.3) is 0 Å². The normalized spacial score (nSPS) is 11.5. The zero-order valence-corrected chi connectivity index (χ0v) is 31.3. The Bertz CT molecular complexity index is 3270. The maximum Gasteiger partial charge on any atom is 0.0540 e. The SMILES string of the molecule is c1ccc(-c2ccc(N(c3ccc(-c4ccc5ccc6c7ccccc7ccc6c5c4)cc3)c3ccc(-c4cccc5ccccc45)c4ccccc34)cc2)cc1. The number of anilines is 3. The lowest BCUT2D eigenvalue weighted by Gasteiger charge is -2.28. The molecule has 0 aromatic heterocycles. The van der Waals surface area contributed by atoms with E-state index in [-0.39, 0.29) is 0 Å². The summed E-state index contributed by atoms with van der Waals surface area (Å²) < 4.78 is 0. The van der Waals surface area contributed by atoms with E-state index in [1.807, 2.05) is 0 Å². The van der Waals surface area contributed by atoms with Crippen LogP contribution in [0.1, 0.15) is 0 Å². The number of nitrogens with zero attached hydrogens (tertiary/aromatic N) is 1. The second-order valence-electron chi connectivity index (χ2n) is 14.9. The molecule has 0 heterocycles. The maximum atomic E-state index is 2.41. The summed E-state index contributed by atoms with van der Waals surface area (Å²) in [5.74, 6) is 0. The van der Waals surface area contributed by atoms with Gasteiger partial charge in [-0.25, -0.2) is 0 Å². The van der Waals surface area contributed by atoms with Gasteiger partial charge in [0.2, 0.25) is 0 Å². The molecule has 57 heavy (non-hydrogen) atoms. The van der Waals surface area contributed by atoms with E-state index in [1.165, 1.54) is 87.2 Å². The third-order valence-electron chi connectivity index (χ3n) is 11.7. The third kappa shape index (κ3) is 5.72. The largest absolute Gasteiger partial charge is 0.310 e. The van der Waals surface area contributed by atoms with Crippen molar-refractivity contribution in [2.45, 2.75) is 0 Å². The van der Waals surface area contributed by atoms with Gasteiger partial charge in [-0.1, -0.05) is 188 Å². The first kappa shape index (κ1) is 32.9.